The van der Waals surface area contributed by atoms with Crippen molar-refractivity contribution in [3.63, 3.8) is 0 Å². The quantitative estimate of drug-likeness (QED) is 0.841. The number of thiophene rings is 1. The minimum Gasteiger partial charge on any atom is -0.389 e. The van der Waals surface area contributed by atoms with Crippen LogP contribution in [0.15, 0.2) is 6.07 Å². The Bertz CT molecular complexity index is 329. The molecule has 4 heteroatoms. The molecule has 0 atom stereocenters. The van der Waals surface area contributed by atoms with Crippen LogP contribution in [0.2, 0.25) is 0 Å². The fraction of sp³-hybridized carbons (Fsp3) is 0.636. The molecular formula is C11H18N2OS. The molecule has 0 aliphatic carbocycles. The predicted octanol–water partition coefficient (Wildman–Crippen LogP) is 2.29. The molecule has 0 unspecified atom stereocenters. The number of nitrogen functional groups attached to an aromatic ring is 1. The first-order valence-corrected chi connectivity index (χ1v) is 6.22. The first kappa shape index (κ1) is 10.8. The topological polar surface area (TPSA) is 38.5 Å². The van der Waals surface area contributed by atoms with Gasteiger partial charge in [0.1, 0.15) is 5.00 Å². The van der Waals surface area contributed by atoms with Crippen molar-refractivity contribution < 1.29 is 4.74 Å². The Hall–Kier alpha value is -0.740. The molecule has 0 radical (unpaired) electrons. The molecule has 84 valence electrons. The Kier molecular flexibility index (Phi) is 3.17. The second-order valence-electron chi connectivity index (χ2n) is 4.15. The highest BCUT2D eigenvalue weighted by Crippen LogP contribution is 2.36. The summed E-state index contributed by atoms with van der Waals surface area (Å²) in [6, 6.07) is 2.23. The summed E-state index contributed by atoms with van der Waals surface area (Å²) in [6.07, 6.45) is 0. The van der Waals surface area contributed by atoms with Gasteiger partial charge in [-0.3, -0.25) is 0 Å². The molecule has 1 fully saturated rings. The molecular weight excluding hydrogens is 208 g/mol. The van der Waals surface area contributed by atoms with E-state index in [1.165, 1.54) is 10.6 Å². The molecule has 1 aromatic rings. The van der Waals surface area contributed by atoms with Gasteiger partial charge in [0.15, 0.2) is 0 Å². The zero-order valence-corrected chi connectivity index (χ0v) is 10.1. The summed E-state index contributed by atoms with van der Waals surface area (Å²) in [5.41, 5.74) is 7.25. The Morgan fingerprint density at radius 3 is 2.60 bits per heavy atom. The molecule has 1 aliphatic heterocycles. The van der Waals surface area contributed by atoms with Gasteiger partial charge in [-0.25, -0.2) is 0 Å². The van der Waals surface area contributed by atoms with Gasteiger partial charge >= 0.3 is 0 Å². The fourth-order valence-corrected chi connectivity index (χ4v) is 2.70. The van der Waals surface area contributed by atoms with Crippen LogP contribution >= 0.6 is 11.3 Å². The van der Waals surface area contributed by atoms with E-state index in [0.717, 1.165) is 31.3 Å². The van der Waals surface area contributed by atoms with Gasteiger partial charge in [0, 0.05) is 18.0 Å². The Labute approximate surface area is 94.8 Å². The van der Waals surface area contributed by atoms with Crippen LogP contribution in [0.5, 0.6) is 0 Å². The fourth-order valence-electron chi connectivity index (χ4n) is 1.75. The zero-order chi connectivity index (χ0) is 10.8. The number of hydrogen-bond acceptors (Lipinski definition) is 4. The molecule has 0 aromatic carbocycles. The number of morpholine rings is 1. The Morgan fingerprint density at radius 1 is 1.40 bits per heavy atom. The van der Waals surface area contributed by atoms with Crippen LogP contribution in [-0.4, -0.2) is 26.3 Å². The van der Waals surface area contributed by atoms with Gasteiger partial charge in [0.25, 0.3) is 0 Å². The van der Waals surface area contributed by atoms with Gasteiger partial charge in [-0.15, -0.1) is 11.3 Å². The maximum Gasteiger partial charge on any atom is 0.110 e. The van der Waals surface area contributed by atoms with E-state index in [2.05, 4.69) is 24.8 Å². The summed E-state index contributed by atoms with van der Waals surface area (Å²) in [6.45, 7) is 7.94. The largest absolute Gasteiger partial charge is 0.389 e. The SMILES string of the molecule is CC(C)c1cc(N2CCOCC2)c(N)s1. The van der Waals surface area contributed by atoms with Gasteiger partial charge in [-0.05, 0) is 12.0 Å². The summed E-state index contributed by atoms with van der Waals surface area (Å²) in [5, 5.41) is 0.945. The second kappa shape index (κ2) is 4.41. The normalized spacial score (nSPS) is 17.4. The molecule has 0 amide bonds. The summed E-state index contributed by atoms with van der Waals surface area (Å²) in [5.74, 6) is 0.562. The van der Waals surface area contributed by atoms with E-state index in [1.54, 1.807) is 11.3 Å². The first-order chi connectivity index (χ1) is 7.18. The lowest BCUT2D eigenvalue weighted by Crippen LogP contribution is -2.36. The zero-order valence-electron chi connectivity index (χ0n) is 9.32. The highest BCUT2D eigenvalue weighted by atomic mass is 32.1. The van der Waals surface area contributed by atoms with E-state index in [-0.39, 0.29) is 0 Å². The molecule has 2 heterocycles. The predicted molar refractivity (Wildman–Crippen MR) is 65.9 cm³/mol. The molecule has 0 saturated carbocycles. The third kappa shape index (κ3) is 2.26. The minimum absolute atomic E-state index is 0.562. The van der Waals surface area contributed by atoms with Crippen LogP contribution in [0.25, 0.3) is 0 Å². The lowest BCUT2D eigenvalue weighted by Gasteiger charge is -2.28. The molecule has 2 rings (SSSR count). The average Bonchev–Trinajstić information content (AvgIpc) is 2.62. The van der Waals surface area contributed by atoms with Crippen molar-refractivity contribution in [3.8, 4) is 0 Å². The molecule has 15 heavy (non-hydrogen) atoms. The Morgan fingerprint density at radius 2 is 2.07 bits per heavy atom. The molecule has 0 spiro atoms. The smallest absolute Gasteiger partial charge is 0.110 e. The van der Waals surface area contributed by atoms with Crippen LogP contribution in [-0.2, 0) is 4.74 Å². The first-order valence-electron chi connectivity index (χ1n) is 5.40. The molecule has 1 aromatic heterocycles. The van der Waals surface area contributed by atoms with Crippen molar-refractivity contribution in [1.29, 1.82) is 0 Å². The lowest BCUT2D eigenvalue weighted by molar-refractivity contribution is 0.123. The van der Waals surface area contributed by atoms with E-state index in [4.69, 9.17) is 10.5 Å². The van der Waals surface area contributed by atoms with Crippen LogP contribution in [0.4, 0.5) is 10.7 Å². The minimum atomic E-state index is 0.562. The lowest BCUT2D eigenvalue weighted by atomic mass is 10.2. The number of nitrogens with zero attached hydrogens (tertiary/aromatic N) is 1. The van der Waals surface area contributed by atoms with E-state index < -0.39 is 0 Å². The van der Waals surface area contributed by atoms with Gasteiger partial charge in [-0.1, -0.05) is 13.8 Å². The number of anilines is 2. The van der Waals surface area contributed by atoms with Gasteiger partial charge < -0.3 is 15.4 Å². The van der Waals surface area contributed by atoms with Crippen molar-refractivity contribution in [3.05, 3.63) is 10.9 Å². The molecule has 2 N–H and O–H groups in total. The van der Waals surface area contributed by atoms with E-state index >= 15 is 0 Å². The van der Waals surface area contributed by atoms with Gasteiger partial charge in [0.05, 0.1) is 18.9 Å². The highest BCUT2D eigenvalue weighted by molar-refractivity contribution is 7.16. The Balaban J connectivity index is 2.19. The monoisotopic (exact) mass is 226 g/mol. The van der Waals surface area contributed by atoms with Crippen LogP contribution in [0.1, 0.15) is 24.6 Å². The van der Waals surface area contributed by atoms with Crippen molar-refractivity contribution >= 4 is 22.0 Å². The van der Waals surface area contributed by atoms with Gasteiger partial charge in [-0.2, -0.15) is 0 Å². The standard InChI is InChI=1S/C11H18N2OS/c1-8(2)10-7-9(11(12)15-10)13-3-5-14-6-4-13/h7-8H,3-6,12H2,1-2H3. The average molecular weight is 226 g/mol. The molecule has 0 bridgehead atoms. The molecule has 3 nitrogen and oxygen atoms in total. The summed E-state index contributed by atoms with van der Waals surface area (Å²) in [4.78, 5) is 3.69. The number of hydrogen-bond donors (Lipinski definition) is 1. The van der Waals surface area contributed by atoms with Crippen LogP contribution < -0.4 is 10.6 Å². The van der Waals surface area contributed by atoms with E-state index in [1.807, 2.05) is 0 Å². The molecule has 1 aliphatic rings. The highest BCUT2D eigenvalue weighted by Gasteiger charge is 2.17. The number of nitrogens with two attached hydrogens (primary N) is 1. The number of ether oxygens (including phenoxy) is 1. The third-order valence-electron chi connectivity index (χ3n) is 2.68. The van der Waals surface area contributed by atoms with Crippen LogP contribution in [0, 0.1) is 0 Å². The summed E-state index contributed by atoms with van der Waals surface area (Å²) >= 11 is 1.71. The van der Waals surface area contributed by atoms with E-state index in [0.29, 0.717) is 5.92 Å². The number of rotatable bonds is 2. The maximum atomic E-state index is 6.05. The third-order valence-corrected chi connectivity index (χ3v) is 3.93. The van der Waals surface area contributed by atoms with Gasteiger partial charge in [0.2, 0.25) is 0 Å². The molecule has 1 saturated heterocycles. The van der Waals surface area contributed by atoms with Crippen LogP contribution in [0.3, 0.4) is 0 Å². The summed E-state index contributed by atoms with van der Waals surface area (Å²) in [7, 11) is 0. The van der Waals surface area contributed by atoms with Crippen molar-refractivity contribution in [2.75, 3.05) is 36.9 Å². The van der Waals surface area contributed by atoms with E-state index in [9.17, 15) is 0 Å². The van der Waals surface area contributed by atoms with Crippen molar-refractivity contribution in [2.45, 2.75) is 19.8 Å². The van der Waals surface area contributed by atoms with Crippen molar-refractivity contribution in [1.82, 2.24) is 0 Å². The van der Waals surface area contributed by atoms with Crippen molar-refractivity contribution in [2.24, 2.45) is 0 Å². The second-order valence-corrected chi connectivity index (χ2v) is 5.27. The summed E-state index contributed by atoms with van der Waals surface area (Å²) < 4.78 is 5.34. The maximum absolute atomic E-state index is 6.05.